The Kier molecular flexibility index (Phi) is 4.33. The SMILES string of the molecule is COc1cccc(CNC(=O)c2nn(C)c3cc(-c4cn[nH]c4)ccc23)c1. The number of carbonyl (C=O) groups excluding carboxylic acids is 1. The van der Waals surface area contributed by atoms with Crippen LogP contribution in [0.2, 0.25) is 0 Å². The number of aromatic nitrogens is 4. The molecule has 0 atom stereocenters. The average molecular weight is 361 g/mol. The van der Waals surface area contributed by atoms with Crippen molar-refractivity contribution < 1.29 is 9.53 Å². The minimum Gasteiger partial charge on any atom is -0.497 e. The highest BCUT2D eigenvalue weighted by atomic mass is 16.5. The van der Waals surface area contributed by atoms with Gasteiger partial charge in [-0.3, -0.25) is 14.6 Å². The topological polar surface area (TPSA) is 84.8 Å². The third kappa shape index (κ3) is 3.27. The fourth-order valence-corrected chi connectivity index (χ4v) is 3.06. The molecule has 0 radical (unpaired) electrons. The summed E-state index contributed by atoms with van der Waals surface area (Å²) in [6.07, 6.45) is 3.60. The minimum atomic E-state index is -0.209. The lowest BCUT2D eigenvalue weighted by atomic mass is 10.1. The van der Waals surface area contributed by atoms with Crippen molar-refractivity contribution in [3.05, 3.63) is 66.1 Å². The maximum Gasteiger partial charge on any atom is 0.272 e. The Labute approximate surface area is 156 Å². The Morgan fingerprint density at radius 2 is 2.11 bits per heavy atom. The molecule has 0 fully saturated rings. The van der Waals surface area contributed by atoms with E-state index in [-0.39, 0.29) is 5.91 Å². The van der Waals surface area contributed by atoms with Crippen LogP contribution in [-0.4, -0.2) is 33.0 Å². The van der Waals surface area contributed by atoms with Crippen molar-refractivity contribution in [1.82, 2.24) is 25.3 Å². The van der Waals surface area contributed by atoms with E-state index < -0.39 is 0 Å². The van der Waals surface area contributed by atoms with Gasteiger partial charge >= 0.3 is 0 Å². The van der Waals surface area contributed by atoms with Crippen LogP contribution in [0.4, 0.5) is 0 Å². The van der Waals surface area contributed by atoms with Crippen LogP contribution in [0.1, 0.15) is 16.1 Å². The van der Waals surface area contributed by atoms with Crippen molar-refractivity contribution in [3.63, 3.8) is 0 Å². The first-order valence-electron chi connectivity index (χ1n) is 8.53. The minimum absolute atomic E-state index is 0.209. The summed E-state index contributed by atoms with van der Waals surface area (Å²) >= 11 is 0. The van der Waals surface area contributed by atoms with Crippen molar-refractivity contribution in [2.45, 2.75) is 6.54 Å². The molecule has 7 heteroatoms. The fraction of sp³-hybridized carbons (Fsp3) is 0.150. The maximum absolute atomic E-state index is 12.7. The number of nitrogens with zero attached hydrogens (tertiary/aromatic N) is 3. The van der Waals surface area contributed by atoms with Gasteiger partial charge in [-0.2, -0.15) is 10.2 Å². The number of hydrogen-bond acceptors (Lipinski definition) is 4. The van der Waals surface area contributed by atoms with Crippen LogP contribution in [0.15, 0.2) is 54.9 Å². The highest BCUT2D eigenvalue weighted by Gasteiger charge is 2.16. The van der Waals surface area contributed by atoms with E-state index in [1.54, 1.807) is 18.0 Å². The van der Waals surface area contributed by atoms with Crippen molar-refractivity contribution >= 4 is 16.8 Å². The largest absolute Gasteiger partial charge is 0.497 e. The molecule has 0 unspecified atom stereocenters. The molecule has 2 aromatic heterocycles. The van der Waals surface area contributed by atoms with Crippen LogP contribution < -0.4 is 10.1 Å². The van der Waals surface area contributed by atoms with Gasteiger partial charge in [0, 0.05) is 30.7 Å². The molecule has 2 N–H and O–H groups in total. The molecule has 7 nitrogen and oxygen atoms in total. The molecular weight excluding hydrogens is 342 g/mol. The second-order valence-electron chi connectivity index (χ2n) is 6.23. The summed E-state index contributed by atoms with van der Waals surface area (Å²) in [6.45, 7) is 0.404. The van der Waals surface area contributed by atoms with Crippen molar-refractivity contribution in [3.8, 4) is 16.9 Å². The Morgan fingerprint density at radius 3 is 2.89 bits per heavy atom. The van der Waals surface area contributed by atoms with Crippen LogP contribution in [0.25, 0.3) is 22.0 Å². The normalized spacial score (nSPS) is 10.9. The quantitative estimate of drug-likeness (QED) is 0.572. The number of carbonyl (C=O) groups is 1. The van der Waals surface area contributed by atoms with Crippen LogP contribution >= 0.6 is 0 Å². The molecule has 0 aliphatic carbocycles. The second kappa shape index (κ2) is 6.95. The zero-order valence-electron chi connectivity index (χ0n) is 15.1. The van der Waals surface area contributed by atoms with Crippen LogP contribution in [0.3, 0.4) is 0 Å². The number of benzene rings is 2. The van der Waals surface area contributed by atoms with Gasteiger partial charge < -0.3 is 10.1 Å². The monoisotopic (exact) mass is 361 g/mol. The number of amides is 1. The second-order valence-corrected chi connectivity index (χ2v) is 6.23. The zero-order valence-corrected chi connectivity index (χ0v) is 15.1. The van der Waals surface area contributed by atoms with Gasteiger partial charge in [-0.05, 0) is 35.4 Å². The zero-order chi connectivity index (χ0) is 18.8. The van der Waals surface area contributed by atoms with E-state index in [2.05, 4.69) is 20.6 Å². The number of H-pyrrole nitrogens is 1. The van der Waals surface area contributed by atoms with E-state index >= 15 is 0 Å². The average Bonchev–Trinajstić information content (AvgIpc) is 3.35. The molecule has 2 aromatic carbocycles. The number of aromatic amines is 1. The van der Waals surface area contributed by atoms with E-state index in [1.807, 2.05) is 55.7 Å². The molecule has 1 amide bonds. The lowest BCUT2D eigenvalue weighted by Crippen LogP contribution is -2.23. The van der Waals surface area contributed by atoms with Crippen molar-refractivity contribution in [1.29, 1.82) is 0 Å². The van der Waals surface area contributed by atoms with E-state index in [4.69, 9.17) is 4.74 Å². The van der Waals surface area contributed by atoms with Crippen LogP contribution in [-0.2, 0) is 13.6 Å². The molecular formula is C20H19N5O2. The van der Waals surface area contributed by atoms with Crippen molar-refractivity contribution in [2.24, 2.45) is 7.05 Å². The van der Waals surface area contributed by atoms with E-state index in [9.17, 15) is 4.79 Å². The molecule has 0 aliphatic rings. The van der Waals surface area contributed by atoms with Gasteiger partial charge in [-0.1, -0.05) is 18.2 Å². The van der Waals surface area contributed by atoms with Gasteiger partial charge in [0.2, 0.25) is 0 Å². The molecule has 0 aliphatic heterocycles. The summed E-state index contributed by atoms with van der Waals surface area (Å²) in [5.41, 5.74) is 4.27. The first-order valence-corrected chi connectivity index (χ1v) is 8.53. The number of fused-ring (bicyclic) bond motifs is 1. The molecule has 2 heterocycles. The Morgan fingerprint density at radius 1 is 1.22 bits per heavy atom. The molecule has 4 rings (SSSR count). The number of nitrogens with one attached hydrogen (secondary N) is 2. The van der Waals surface area contributed by atoms with Gasteiger partial charge in [0.05, 0.1) is 18.8 Å². The smallest absolute Gasteiger partial charge is 0.272 e. The number of hydrogen-bond donors (Lipinski definition) is 2. The third-order valence-corrected chi connectivity index (χ3v) is 4.49. The van der Waals surface area contributed by atoms with Gasteiger partial charge in [0.1, 0.15) is 5.75 Å². The number of ether oxygens (including phenoxy) is 1. The maximum atomic E-state index is 12.7. The Balaban J connectivity index is 1.58. The lowest BCUT2D eigenvalue weighted by Gasteiger charge is -2.06. The van der Waals surface area contributed by atoms with E-state index in [0.29, 0.717) is 12.2 Å². The molecule has 4 aromatic rings. The summed E-state index contributed by atoms with van der Waals surface area (Å²) in [4.78, 5) is 12.7. The summed E-state index contributed by atoms with van der Waals surface area (Å²) in [6, 6.07) is 13.5. The first-order chi connectivity index (χ1) is 13.2. The van der Waals surface area contributed by atoms with Gasteiger partial charge in [0.25, 0.3) is 5.91 Å². The Hall–Kier alpha value is -3.61. The fourth-order valence-electron chi connectivity index (χ4n) is 3.06. The molecule has 0 saturated carbocycles. The highest BCUT2D eigenvalue weighted by Crippen LogP contribution is 2.25. The first kappa shape index (κ1) is 16.8. The number of rotatable bonds is 5. The molecule has 0 bridgehead atoms. The number of methoxy groups -OCH3 is 1. The Bertz CT molecular complexity index is 1100. The third-order valence-electron chi connectivity index (χ3n) is 4.49. The van der Waals surface area contributed by atoms with E-state index in [0.717, 1.165) is 33.3 Å². The van der Waals surface area contributed by atoms with Gasteiger partial charge in [-0.25, -0.2) is 0 Å². The highest BCUT2D eigenvalue weighted by molar-refractivity contribution is 6.05. The summed E-state index contributed by atoms with van der Waals surface area (Å²) in [5, 5.41) is 14.9. The molecule has 27 heavy (non-hydrogen) atoms. The predicted molar refractivity (Wildman–Crippen MR) is 102 cm³/mol. The lowest BCUT2D eigenvalue weighted by molar-refractivity contribution is 0.0946. The molecule has 0 spiro atoms. The van der Waals surface area contributed by atoms with Crippen LogP contribution in [0, 0.1) is 0 Å². The van der Waals surface area contributed by atoms with Gasteiger partial charge in [-0.15, -0.1) is 0 Å². The van der Waals surface area contributed by atoms with Crippen molar-refractivity contribution in [2.75, 3.05) is 7.11 Å². The number of aryl methyl sites for hydroxylation is 1. The molecule has 0 saturated heterocycles. The standard InChI is InChI=1S/C20H19N5O2/c1-25-18-9-14(15-11-22-23-12-15)6-7-17(18)19(24-25)20(26)21-10-13-4-3-5-16(8-13)27-2/h3-9,11-12H,10H2,1-2H3,(H,21,26)(H,22,23). The van der Waals surface area contributed by atoms with Crippen LogP contribution in [0.5, 0.6) is 5.75 Å². The molecule has 136 valence electrons. The summed E-state index contributed by atoms with van der Waals surface area (Å²) in [5.74, 6) is 0.552. The van der Waals surface area contributed by atoms with Gasteiger partial charge in [0.15, 0.2) is 5.69 Å². The summed E-state index contributed by atoms with van der Waals surface area (Å²) in [7, 11) is 3.45. The predicted octanol–water partition coefficient (Wildman–Crippen LogP) is 2.90. The van der Waals surface area contributed by atoms with E-state index in [1.165, 1.54) is 0 Å². The summed E-state index contributed by atoms with van der Waals surface area (Å²) < 4.78 is 6.94.